The van der Waals surface area contributed by atoms with Crippen molar-refractivity contribution >= 4 is 17.2 Å². The highest BCUT2D eigenvalue weighted by Crippen LogP contribution is 2.16. The van der Waals surface area contributed by atoms with Gasteiger partial charge in [0, 0.05) is 16.8 Å². The lowest BCUT2D eigenvalue weighted by molar-refractivity contribution is -0.106. The Labute approximate surface area is 88.9 Å². The summed E-state index contributed by atoms with van der Waals surface area (Å²) in [4.78, 5) is 13.0. The minimum Gasteiger partial charge on any atom is -0.372 e. The molecular formula is C12H14N2O. The number of pyridine rings is 1. The molecule has 1 heterocycles. The van der Waals surface area contributed by atoms with Gasteiger partial charge in [-0.25, -0.2) is 0 Å². The maximum Gasteiger partial charge on any atom is 0.204 e. The second-order valence-corrected chi connectivity index (χ2v) is 3.21. The molecule has 0 fully saturated rings. The second-order valence-electron chi connectivity index (χ2n) is 3.21. The van der Waals surface area contributed by atoms with Gasteiger partial charge in [0.2, 0.25) is 6.41 Å². The number of rotatable bonds is 0. The van der Waals surface area contributed by atoms with Crippen LogP contribution in [0, 0.1) is 13.8 Å². The van der Waals surface area contributed by atoms with Crippen molar-refractivity contribution in [1.29, 1.82) is 0 Å². The van der Waals surface area contributed by atoms with Crippen molar-refractivity contribution in [2.75, 3.05) is 0 Å². The van der Waals surface area contributed by atoms with Gasteiger partial charge < -0.3 is 5.73 Å². The van der Waals surface area contributed by atoms with E-state index in [0.29, 0.717) is 0 Å². The lowest BCUT2D eigenvalue weighted by Crippen LogP contribution is -1.86. The van der Waals surface area contributed by atoms with Crippen molar-refractivity contribution in [1.82, 2.24) is 4.98 Å². The van der Waals surface area contributed by atoms with E-state index in [2.05, 4.69) is 41.9 Å². The van der Waals surface area contributed by atoms with Crippen molar-refractivity contribution in [3.63, 3.8) is 0 Å². The first-order valence-corrected chi connectivity index (χ1v) is 4.67. The standard InChI is InChI=1S/C11H11N.CH3NO/c1-8-7-10-5-3-4-6-11(10)9(2)12-8;2-1-3/h3-7H,1-2H3;1H,(H2,2,3). The molecule has 2 N–H and O–H groups in total. The van der Waals surface area contributed by atoms with E-state index in [1.165, 1.54) is 10.8 Å². The molecule has 0 unspecified atom stereocenters. The van der Waals surface area contributed by atoms with Gasteiger partial charge in [0.15, 0.2) is 0 Å². The van der Waals surface area contributed by atoms with Gasteiger partial charge in [0.05, 0.1) is 0 Å². The van der Waals surface area contributed by atoms with Crippen LogP contribution in [0.4, 0.5) is 0 Å². The summed E-state index contributed by atoms with van der Waals surface area (Å²) < 4.78 is 0. The summed E-state index contributed by atoms with van der Waals surface area (Å²) in [6, 6.07) is 10.4. The van der Waals surface area contributed by atoms with Gasteiger partial charge in [-0.15, -0.1) is 0 Å². The molecule has 15 heavy (non-hydrogen) atoms. The number of nitrogens with two attached hydrogens (primary N) is 1. The van der Waals surface area contributed by atoms with Gasteiger partial charge in [0.1, 0.15) is 0 Å². The molecule has 0 saturated carbocycles. The fourth-order valence-corrected chi connectivity index (χ4v) is 1.53. The van der Waals surface area contributed by atoms with Crippen molar-refractivity contribution in [2.45, 2.75) is 13.8 Å². The molecule has 3 heteroatoms. The van der Waals surface area contributed by atoms with Gasteiger partial charge in [-0.05, 0) is 25.3 Å². The monoisotopic (exact) mass is 202 g/mol. The first-order valence-electron chi connectivity index (χ1n) is 4.67. The van der Waals surface area contributed by atoms with Crippen molar-refractivity contribution in [3.05, 3.63) is 41.7 Å². The van der Waals surface area contributed by atoms with E-state index in [1.807, 2.05) is 13.0 Å². The third-order valence-electron chi connectivity index (χ3n) is 2.06. The summed E-state index contributed by atoms with van der Waals surface area (Å²) >= 11 is 0. The first-order chi connectivity index (χ1) is 7.19. The molecule has 0 saturated heterocycles. The van der Waals surface area contributed by atoms with E-state index in [1.54, 1.807) is 0 Å². The molecule has 1 aromatic heterocycles. The van der Waals surface area contributed by atoms with Gasteiger partial charge in [0.25, 0.3) is 0 Å². The highest BCUT2D eigenvalue weighted by atomic mass is 16.1. The molecule has 2 aromatic rings. The number of amides is 1. The van der Waals surface area contributed by atoms with Crippen LogP contribution in [0.2, 0.25) is 0 Å². The molecule has 1 amide bonds. The molecule has 2 rings (SSSR count). The largest absolute Gasteiger partial charge is 0.372 e. The van der Waals surface area contributed by atoms with E-state index < -0.39 is 0 Å². The zero-order chi connectivity index (χ0) is 11.3. The quantitative estimate of drug-likeness (QED) is 0.664. The first kappa shape index (κ1) is 11.2. The highest BCUT2D eigenvalue weighted by molar-refractivity contribution is 5.84. The summed E-state index contributed by atoms with van der Waals surface area (Å²) in [6.07, 6.45) is 0.250. The van der Waals surface area contributed by atoms with Crippen LogP contribution in [0.3, 0.4) is 0 Å². The van der Waals surface area contributed by atoms with Crippen LogP contribution in [-0.4, -0.2) is 11.4 Å². The van der Waals surface area contributed by atoms with Gasteiger partial charge in [-0.3, -0.25) is 9.78 Å². The average Bonchev–Trinajstić information content (AvgIpc) is 2.18. The molecule has 0 spiro atoms. The summed E-state index contributed by atoms with van der Waals surface area (Å²) in [5, 5.41) is 2.53. The predicted molar refractivity (Wildman–Crippen MR) is 61.5 cm³/mol. The van der Waals surface area contributed by atoms with Crippen molar-refractivity contribution < 1.29 is 4.79 Å². The smallest absolute Gasteiger partial charge is 0.204 e. The Morgan fingerprint density at radius 3 is 2.53 bits per heavy atom. The lowest BCUT2D eigenvalue weighted by atomic mass is 10.1. The minimum absolute atomic E-state index is 0.250. The van der Waals surface area contributed by atoms with E-state index in [0.717, 1.165) is 11.4 Å². The van der Waals surface area contributed by atoms with Crippen LogP contribution < -0.4 is 5.73 Å². The Kier molecular flexibility index (Phi) is 3.80. The predicted octanol–water partition coefficient (Wildman–Crippen LogP) is 1.95. The topological polar surface area (TPSA) is 56.0 Å². The lowest BCUT2D eigenvalue weighted by Gasteiger charge is -2.01. The normalized spacial score (nSPS) is 9.20. The molecule has 0 atom stereocenters. The molecule has 1 aromatic carbocycles. The molecular weight excluding hydrogens is 188 g/mol. The number of aryl methyl sites for hydroxylation is 2. The Balaban J connectivity index is 0.000000337. The van der Waals surface area contributed by atoms with Gasteiger partial charge in [-0.1, -0.05) is 24.3 Å². The zero-order valence-corrected chi connectivity index (χ0v) is 8.90. The van der Waals surface area contributed by atoms with E-state index in [9.17, 15) is 0 Å². The molecule has 0 bridgehead atoms. The number of carbonyl (C=O) groups is 1. The Bertz CT molecular complexity index is 466. The molecule has 0 aliphatic carbocycles. The number of aromatic nitrogens is 1. The maximum atomic E-state index is 8.58. The van der Waals surface area contributed by atoms with Crippen molar-refractivity contribution in [2.24, 2.45) is 5.73 Å². The number of carbonyl (C=O) groups excluding carboxylic acids is 1. The van der Waals surface area contributed by atoms with Crippen LogP contribution >= 0.6 is 0 Å². The number of primary amides is 1. The fourth-order valence-electron chi connectivity index (χ4n) is 1.53. The average molecular weight is 202 g/mol. The number of nitrogens with zero attached hydrogens (tertiary/aromatic N) is 1. The third-order valence-corrected chi connectivity index (χ3v) is 2.06. The van der Waals surface area contributed by atoms with Crippen LogP contribution in [0.15, 0.2) is 30.3 Å². The second kappa shape index (κ2) is 5.10. The SMILES string of the molecule is Cc1cc2ccccc2c(C)n1.NC=O. The van der Waals surface area contributed by atoms with Crippen LogP contribution in [-0.2, 0) is 4.79 Å². The zero-order valence-electron chi connectivity index (χ0n) is 8.90. The minimum atomic E-state index is 0.250. The molecule has 3 nitrogen and oxygen atoms in total. The molecule has 0 aliphatic heterocycles. The van der Waals surface area contributed by atoms with Gasteiger partial charge in [-0.2, -0.15) is 0 Å². The number of fused-ring (bicyclic) bond motifs is 1. The Morgan fingerprint density at radius 2 is 1.87 bits per heavy atom. The van der Waals surface area contributed by atoms with Gasteiger partial charge >= 0.3 is 0 Å². The fraction of sp³-hybridized carbons (Fsp3) is 0.167. The summed E-state index contributed by atoms with van der Waals surface area (Å²) in [5.74, 6) is 0. The summed E-state index contributed by atoms with van der Waals surface area (Å²) in [5.41, 5.74) is 6.37. The third kappa shape index (κ3) is 2.77. The van der Waals surface area contributed by atoms with Crippen LogP contribution in [0.1, 0.15) is 11.4 Å². The Morgan fingerprint density at radius 1 is 1.27 bits per heavy atom. The molecule has 0 aliphatic rings. The van der Waals surface area contributed by atoms with Crippen molar-refractivity contribution in [3.8, 4) is 0 Å². The van der Waals surface area contributed by atoms with E-state index in [4.69, 9.17) is 4.79 Å². The van der Waals surface area contributed by atoms with Crippen LogP contribution in [0.25, 0.3) is 10.8 Å². The summed E-state index contributed by atoms with van der Waals surface area (Å²) in [7, 11) is 0. The highest BCUT2D eigenvalue weighted by Gasteiger charge is 1.97. The number of benzene rings is 1. The molecule has 78 valence electrons. The number of hydrogen-bond acceptors (Lipinski definition) is 2. The summed E-state index contributed by atoms with van der Waals surface area (Å²) in [6.45, 7) is 4.08. The van der Waals surface area contributed by atoms with E-state index >= 15 is 0 Å². The van der Waals surface area contributed by atoms with Crippen LogP contribution in [0.5, 0.6) is 0 Å². The van der Waals surface area contributed by atoms with E-state index in [-0.39, 0.29) is 6.41 Å². The Hall–Kier alpha value is -1.90. The molecule has 0 radical (unpaired) electrons. The number of hydrogen-bond donors (Lipinski definition) is 1. The maximum absolute atomic E-state index is 8.58.